The molecule has 198 valence electrons. The average molecular weight is 530 g/mol. The summed E-state index contributed by atoms with van der Waals surface area (Å²) >= 11 is 0. The third kappa shape index (κ3) is 5.90. The Morgan fingerprint density at radius 2 is 1.56 bits per heavy atom. The summed E-state index contributed by atoms with van der Waals surface area (Å²) in [7, 11) is -5.48. The van der Waals surface area contributed by atoms with E-state index in [0.717, 1.165) is 43.5 Å². The number of amidine groups is 1. The Balaban J connectivity index is 1.41. The van der Waals surface area contributed by atoms with Gasteiger partial charge < -0.3 is 22.5 Å². The SMILES string of the molecule is NC(=O)C(=C[NH2+]C1CCC(N(C2CC2)C2CC2)CC1N)C(N)=Nc1ccc(S(=O)(=O)C(F)(F)F)cc1. The molecule has 8 N–H and O–H groups in total. The van der Waals surface area contributed by atoms with Crippen molar-refractivity contribution in [2.45, 2.75) is 85.6 Å². The molecular formula is C23H32F3N6O3S+. The maximum atomic E-state index is 12.7. The van der Waals surface area contributed by atoms with Crippen LogP contribution in [0.2, 0.25) is 0 Å². The van der Waals surface area contributed by atoms with Crippen molar-refractivity contribution < 1.29 is 31.7 Å². The van der Waals surface area contributed by atoms with E-state index >= 15 is 0 Å². The van der Waals surface area contributed by atoms with Crippen LogP contribution in [0.4, 0.5) is 18.9 Å². The minimum atomic E-state index is -5.48. The second kappa shape index (κ2) is 10.1. The van der Waals surface area contributed by atoms with Crippen LogP contribution in [-0.4, -0.2) is 60.8 Å². The summed E-state index contributed by atoms with van der Waals surface area (Å²) in [5, 5.41) is 1.82. The number of benzene rings is 1. The van der Waals surface area contributed by atoms with E-state index in [9.17, 15) is 26.4 Å². The molecule has 3 saturated carbocycles. The summed E-state index contributed by atoms with van der Waals surface area (Å²) in [6, 6.07) is 5.54. The molecule has 4 rings (SSSR count). The van der Waals surface area contributed by atoms with Gasteiger partial charge in [0.25, 0.3) is 15.7 Å². The van der Waals surface area contributed by atoms with E-state index in [0.29, 0.717) is 18.1 Å². The largest absolute Gasteiger partial charge is 0.501 e. The van der Waals surface area contributed by atoms with Gasteiger partial charge in [0.15, 0.2) is 0 Å². The maximum Gasteiger partial charge on any atom is 0.501 e. The highest BCUT2D eigenvalue weighted by molar-refractivity contribution is 7.92. The number of hydrogen-bond donors (Lipinski definition) is 4. The van der Waals surface area contributed by atoms with E-state index in [1.807, 2.05) is 5.32 Å². The van der Waals surface area contributed by atoms with Crippen molar-refractivity contribution in [3.05, 3.63) is 36.0 Å². The van der Waals surface area contributed by atoms with E-state index < -0.39 is 26.1 Å². The van der Waals surface area contributed by atoms with Gasteiger partial charge >= 0.3 is 5.51 Å². The van der Waals surface area contributed by atoms with Crippen molar-refractivity contribution in [1.82, 2.24) is 4.90 Å². The first-order valence-electron chi connectivity index (χ1n) is 12.0. The van der Waals surface area contributed by atoms with E-state index in [1.54, 1.807) is 0 Å². The first-order chi connectivity index (χ1) is 16.9. The van der Waals surface area contributed by atoms with Gasteiger partial charge in [0, 0.05) is 24.5 Å². The molecule has 0 radical (unpaired) electrons. The lowest BCUT2D eigenvalue weighted by molar-refractivity contribution is -0.632. The van der Waals surface area contributed by atoms with Gasteiger partial charge in [-0.1, -0.05) is 0 Å². The third-order valence-corrected chi connectivity index (χ3v) is 8.54. The molecule has 0 saturated heterocycles. The van der Waals surface area contributed by atoms with E-state index in [1.165, 1.54) is 31.9 Å². The highest BCUT2D eigenvalue weighted by atomic mass is 32.2. The first kappa shape index (κ1) is 26.6. The lowest BCUT2D eigenvalue weighted by atomic mass is 9.86. The van der Waals surface area contributed by atoms with E-state index in [-0.39, 0.29) is 29.2 Å². The van der Waals surface area contributed by atoms with E-state index in [2.05, 4.69) is 9.89 Å². The Kier molecular flexibility index (Phi) is 7.47. The van der Waals surface area contributed by atoms with Crippen LogP contribution >= 0.6 is 0 Å². The zero-order valence-corrected chi connectivity index (χ0v) is 20.5. The molecule has 1 aromatic rings. The molecule has 0 aliphatic heterocycles. The molecule has 3 fully saturated rings. The van der Waals surface area contributed by atoms with Gasteiger partial charge in [-0.3, -0.25) is 9.69 Å². The number of aliphatic imine (C=N–C) groups is 1. The highest BCUT2D eigenvalue weighted by Gasteiger charge is 2.47. The summed E-state index contributed by atoms with van der Waals surface area (Å²) in [4.78, 5) is 17.8. The van der Waals surface area contributed by atoms with Gasteiger partial charge in [-0.25, -0.2) is 13.4 Å². The number of nitrogens with two attached hydrogens (primary N) is 4. The third-order valence-electron chi connectivity index (χ3n) is 7.04. The van der Waals surface area contributed by atoms with Crippen LogP contribution in [0.15, 0.2) is 45.9 Å². The zero-order valence-electron chi connectivity index (χ0n) is 19.7. The van der Waals surface area contributed by atoms with Gasteiger partial charge in [0.2, 0.25) is 0 Å². The fourth-order valence-electron chi connectivity index (χ4n) is 4.90. The summed E-state index contributed by atoms with van der Waals surface area (Å²) in [5.74, 6) is -1.05. The quantitative estimate of drug-likeness (QED) is 0.210. The predicted molar refractivity (Wildman–Crippen MR) is 127 cm³/mol. The van der Waals surface area contributed by atoms with Crippen molar-refractivity contribution in [1.29, 1.82) is 0 Å². The number of hydrogen-bond acceptors (Lipinski definition) is 6. The topological polar surface area (TPSA) is 161 Å². The van der Waals surface area contributed by atoms with Crippen LogP contribution in [0.3, 0.4) is 0 Å². The summed E-state index contributed by atoms with van der Waals surface area (Å²) < 4.78 is 61.2. The molecule has 0 aromatic heterocycles. The van der Waals surface area contributed by atoms with Crippen LogP contribution in [0.1, 0.15) is 44.9 Å². The van der Waals surface area contributed by atoms with Crippen molar-refractivity contribution in [2.24, 2.45) is 22.2 Å². The van der Waals surface area contributed by atoms with Gasteiger partial charge in [-0.15, -0.1) is 0 Å². The fraction of sp³-hybridized carbons (Fsp3) is 0.565. The molecule has 3 aliphatic carbocycles. The molecule has 0 spiro atoms. The van der Waals surface area contributed by atoms with Crippen molar-refractivity contribution in [2.75, 3.05) is 0 Å². The zero-order chi connectivity index (χ0) is 26.3. The minimum absolute atomic E-state index is 0.0375. The van der Waals surface area contributed by atoms with Crippen molar-refractivity contribution >= 4 is 27.3 Å². The second-order valence-electron chi connectivity index (χ2n) is 9.78. The van der Waals surface area contributed by atoms with Gasteiger partial charge in [0.05, 0.1) is 16.6 Å². The fourth-order valence-corrected chi connectivity index (χ4v) is 5.66. The number of sulfone groups is 1. The summed E-state index contributed by atoms with van der Waals surface area (Å²) in [6.07, 6.45) is 9.33. The van der Waals surface area contributed by atoms with Gasteiger partial charge in [-0.05, 0) is 62.8 Å². The predicted octanol–water partition coefficient (Wildman–Crippen LogP) is 0.777. The maximum absolute atomic E-state index is 12.7. The molecule has 13 heteroatoms. The Morgan fingerprint density at radius 3 is 2.03 bits per heavy atom. The lowest BCUT2D eigenvalue weighted by Gasteiger charge is -2.39. The Bertz CT molecular complexity index is 1130. The number of primary amides is 1. The molecule has 1 aromatic carbocycles. The minimum Gasteiger partial charge on any atom is -0.383 e. The van der Waals surface area contributed by atoms with Gasteiger partial charge in [0.1, 0.15) is 23.7 Å². The van der Waals surface area contributed by atoms with Crippen LogP contribution in [0, 0.1) is 0 Å². The monoisotopic (exact) mass is 529 g/mol. The smallest absolute Gasteiger partial charge is 0.383 e. The Labute approximate surface area is 207 Å². The number of halogens is 3. The normalized spacial score (nSPS) is 26.3. The van der Waals surface area contributed by atoms with Crippen LogP contribution < -0.4 is 22.5 Å². The first-order valence-corrected chi connectivity index (χ1v) is 13.5. The molecule has 3 aliphatic rings. The number of amides is 1. The number of alkyl halides is 3. The van der Waals surface area contributed by atoms with Crippen molar-refractivity contribution in [3.63, 3.8) is 0 Å². The Hall–Kier alpha value is -2.48. The molecule has 0 heterocycles. The summed E-state index contributed by atoms with van der Waals surface area (Å²) in [5.41, 5.74) is 12.5. The number of rotatable bonds is 9. The van der Waals surface area contributed by atoms with Crippen LogP contribution in [0.5, 0.6) is 0 Å². The number of quaternary nitrogens is 1. The van der Waals surface area contributed by atoms with Crippen molar-refractivity contribution in [3.8, 4) is 0 Å². The molecular weight excluding hydrogens is 497 g/mol. The number of nitrogens with zero attached hydrogens (tertiary/aromatic N) is 2. The molecule has 1 amide bonds. The highest BCUT2D eigenvalue weighted by Crippen LogP contribution is 2.41. The van der Waals surface area contributed by atoms with E-state index in [4.69, 9.17) is 17.2 Å². The summed E-state index contributed by atoms with van der Waals surface area (Å²) in [6.45, 7) is 0. The van der Waals surface area contributed by atoms with Crippen LogP contribution in [0.25, 0.3) is 0 Å². The molecule has 0 bridgehead atoms. The second-order valence-corrected chi connectivity index (χ2v) is 11.7. The lowest BCUT2D eigenvalue weighted by Crippen LogP contribution is -2.89. The van der Waals surface area contributed by atoms with Gasteiger partial charge in [-0.2, -0.15) is 13.2 Å². The molecule has 3 unspecified atom stereocenters. The number of carbonyl (C=O) groups is 1. The Morgan fingerprint density at radius 1 is 1.00 bits per heavy atom. The number of carbonyl (C=O) groups excluding carboxylic acids is 1. The standard InChI is InChI=1S/C23H31F3N6O3S/c24-23(25,26)36(34,35)17-8-1-13(2-9-17)31-21(28)18(22(29)33)12-30-20-10-7-16(11-19(20)27)32(14-3-4-14)15-5-6-15/h1-2,8-9,12,14-16,19-20,30H,3-7,10-11,27H2,(H2,28,31)(H2,29,33)/p+1. The molecule has 3 atom stereocenters. The van der Waals surface area contributed by atoms with Crippen LogP contribution in [-0.2, 0) is 14.6 Å². The molecule has 36 heavy (non-hydrogen) atoms. The molecule has 9 nitrogen and oxygen atoms in total. The average Bonchev–Trinajstić information content (AvgIpc) is 3.71.